The Hall–Kier alpha value is -2.07. The Morgan fingerprint density at radius 2 is 1.86 bits per heavy atom. The van der Waals surface area contributed by atoms with Gasteiger partial charge < -0.3 is 15.2 Å². The summed E-state index contributed by atoms with van der Waals surface area (Å²) in [6.45, 7) is 2.32. The van der Waals surface area contributed by atoms with E-state index < -0.39 is 0 Å². The molecule has 0 fully saturated rings. The van der Waals surface area contributed by atoms with Crippen LogP contribution < -0.4 is 15.2 Å². The van der Waals surface area contributed by atoms with E-state index in [1.807, 2.05) is 31.2 Å². The lowest BCUT2D eigenvalue weighted by Crippen LogP contribution is -2.10. The Morgan fingerprint density at radius 3 is 2.48 bits per heavy atom. The fourth-order valence-electron chi connectivity index (χ4n) is 2.08. The third-order valence-corrected chi connectivity index (χ3v) is 3.27. The van der Waals surface area contributed by atoms with Crippen LogP contribution in [0.3, 0.4) is 0 Å². The van der Waals surface area contributed by atoms with Crippen molar-refractivity contribution < 1.29 is 13.9 Å². The van der Waals surface area contributed by atoms with Crippen molar-refractivity contribution >= 4 is 0 Å². The molecule has 0 amide bonds. The van der Waals surface area contributed by atoms with Gasteiger partial charge in [0.1, 0.15) is 17.3 Å². The minimum Gasteiger partial charge on any atom is -0.497 e. The van der Waals surface area contributed by atoms with E-state index in [1.54, 1.807) is 13.2 Å². The lowest BCUT2D eigenvalue weighted by molar-refractivity contribution is 0.315. The summed E-state index contributed by atoms with van der Waals surface area (Å²) in [5.41, 5.74) is 7.81. The standard InChI is InChI=1S/C17H20FNO2/c1-12(19)16-8-5-14(18)11-17(16)21-10-9-13-3-6-15(20-2)7-4-13/h3-8,11-12H,9-10,19H2,1-2H3. The summed E-state index contributed by atoms with van der Waals surface area (Å²) in [5.74, 6) is 1.02. The van der Waals surface area contributed by atoms with E-state index in [0.29, 0.717) is 12.4 Å². The van der Waals surface area contributed by atoms with Crippen LogP contribution in [-0.2, 0) is 6.42 Å². The Balaban J connectivity index is 1.97. The van der Waals surface area contributed by atoms with Crippen molar-refractivity contribution in [1.82, 2.24) is 0 Å². The molecular formula is C17H20FNO2. The van der Waals surface area contributed by atoms with Crippen molar-refractivity contribution in [3.05, 3.63) is 59.4 Å². The van der Waals surface area contributed by atoms with E-state index in [0.717, 1.165) is 23.3 Å². The second kappa shape index (κ2) is 7.09. The fourth-order valence-corrected chi connectivity index (χ4v) is 2.08. The maximum atomic E-state index is 13.3. The third-order valence-electron chi connectivity index (χ3n) is 3.27. The molecule has 2 N–H and O–H groups in total. The van der Waals surface area contributed by atoms with Crippen LogP contribution in [0, 0.1) is 5.82 Å². The molecule has 0 bridgehead atoms. The number of rotatable bonds is 6. The van der Waals surface area contributed by atoms with Gasteiger partial charge >= 0.3 is 0 Å². The van der Waals surface area contributed by atoms with Crippen LogP contribution in [0.15, 0.2) is 42.5 Å². The molecule has 2 aromatic rings. The molecule has 0 radical (unpaired) electrons. The van der Waals surface area contributed by atoms with E-state index in [1.165, 1.54) is 12.1 Å². The number of hydrogen-bond acceptors (Lipinski definition) is 3. The van der Waals surface area contributed by atoms with E-state index >= 15 is 0 Å². The van der Waals surface area contributed by atoms with Crippen molar-refractivity contribution in [1.29, 1.82) is 0 Å². The SMILES string of the molecule is COc1ccc(CCOc2cc(F)ccc2C(C)N)cc1. The van der Waals surface area contributed by atoms with Crippen molar-refractivity contribution in [2.45, 2.75) is 19.4 Å². The first-order chi connectivity index (χ1) is 10.1. The van der Waals surface area contributed by atoms with Gasteiger partial charge in [0, 0.05) is 24.1 Å². The fraction of sp³-hybridized carbons (Fsp3) is 0.294. The van der Waals surface area contributed by atoms with E-state index in [4.69, 9.17) is 15.2 Å². The Bertz CT molecular complexity index is 582. The zero-order chi connectivity index (χ0) is 15.2. The molecule has 1 unspecified atom stereocenters. The second-order valence-corrected chi connectivity index (χ2v) is 4.92. The van der Waals surface area contributed by atoms with Crippen molar-refractivity contribution in [3.8, 4) is 11.5 Å². The molecule has 2 rings (SSSR count). The first-order valence-electron chi connectivity index (χ1n) is 6.91. The number of nitrogens with two attached hydrogens (primary N) is 1. The van der Waals surface area contributed by atoms with Crippen LogP contribution >= 0.6 is 0 Å². The average Bonchev–Trinajstić information content (AvgIpc) is 2.48. The smallest absolute Gasteiger partial charge is 0.126 e. The van der Waals surface area contributed by atoms with Gasteiger partial charge in [-0.2, -0.15) is 0 Å². The molecule has 0 saturated carbocycles. The molecule has 0 aliphatic heterocycles. The van der Waals surface area contributed by atoms with Gasteiger partial charge in [-0.1, -0.05) is 18.2 Å². The number of halogens is 1. The zero-order valence-corrected chi connectivity index (χ0v) is 12.3. The number of methoxy groups -OCH3 is 1. The molecule has 0 saturated heterocycles. The number of hydrogen-bond donors (Lipinski definition) is 1. The topological polar surface area (TPSA) is 44.5 Å². The maximum absolute atomic E-state index is 13.3. The van der Waals surface area contributed by atoms with Crippen molar-refractivity contribution in [3.63, 3.8) is 0 Å². The molecule has 4 heteroatoms. The molecule has 21 heavy (non-hydrogen) atoms. The molecule has 0 spiro atoms. The number of ether oxygens (including phenoxy) is 2. The summed E-state index contributed by atoms with van der Waals surface area (Å²) in [5, 5.41) is 0. The van der Waals surface area contributed by atoms with Gasteiger partial charge in [-0.15, -0.1) is 0 Å². The predicted octanol–water partition coefficient (Wildman–Crippen LogP) is 3.48. The van der Waals surface area contributed by atoms with Crippen LogP contribution in [0.2, 0.25) is 0 Å². The largest absolute Gasteiger partial charge is 0.497 e. The molecule has 0 heterocycles. The summed E-state index contributed by atoms with van der Waals surface area (Å²) in [4.78, 5) is 0. The highest BCUT2D eigenvalue weighted by Crippen LogP contribution is 2.25. The molecular weight excluding hydrogens is 269 g/mol. The Labute approximate surface area is 124 Å². The Morgan fingerprint density at radius 1 is 1.14 bits per heavy atom. The predicted molar refractivity (Wildman–Crippen MR) is 81.2 cm³/mol. The first-order valence-corrected chi connectivity index (χ1v) is 6.91. The quantitative estimate of drug-likeness (QED) is 0.885. The minimum atomic E-state index is -0.321. The number of benzene rings is 2. The average molecular weight is 289 g/mol. The molecule has 0 aromatic heterocycles. The first kappa shape index (κ1) is 15.3. The van der Waals surface area contributed by atoms with Gasteiger partial charge in [-0.3, -0.25) is 0 Å². The van der Waals surface area contributed by atoms with Gasteiger partial charge in [0.2, 0.25) is 0 Å². The van der Waals surface area contributed by atoms with E-state index in [9.17, 15) is 4.39 Å². The van der Waals surface area contributed by atoms with Crippen LogP contribution in [0.25, 0.3) is 0 Å². The van der Waals surface area contributed by atoms with Gasteiger partial charge in [0.05, 0.1) is 13.7 Å². The van der Waals surface area contributed by atoms with E-state index in [2.05, 4.69) is 0 Å². The second-order valence-electron chi connectivity index (χ2n) is 4.92. The van der Waals surface area contributed by atoms with Gasteiger partial charge in [-0.05, 0) is 30.7 Å². The molecule has 0 aliphatic carbocycles. The van der Waals surface area contributed by atoms with Gasteiger partial charge in [0.15, 0.2) is 0 Å². The third kappa shape index (κ3) is 4.20. The van der Waals surface area contributed by atoms with Gasteiger partial charge in [0.25, 0.3) is 0 Å². The summed E-state index contributed by atoms with van der Waals surface area (Å²) >= 11 is 0. The summed E-state index contributed by atoms with van der Waals surface area (Å²) < 4.78 is 24.1. The van der Waals surface area contributed by atoms with Gasteiger partial charge in [-0.25, -0.2) is 4.39 Å². The van der Waals surface area contributed by atoms with Crippen LogP contribution in [0.4, 0.5) is 4.39 Å². The minimum absolute atomic E-state index is 0.193. The van der Waals surface area contributed by atoms with Crippen molar-refractivity contribution in [2.24, 2.45) is 5.73 Å². The highest BCUT2D eigenvalue weighted by atomic mass is 19.1. The van der Waals surface area contributed by atoms with Crippen LogP contribution in [0.1, 0.15) is 24.1 Å². The summed E-state index contributed by atoms with van der Waals surface area (Å²) in [6, 6.07) is 12.0. The monoisotopic (exact) mass is 289 g/mol. The Kier molecular flexibility index (Phi) is 5.17. The maximum Gasteiger partial charge on any atom is 0.126 e. The lowest BCUT2D eigenvalue weighted by atomic mass is 10.1. The molecule has 2 aromatic carbocycles. The lowest BCUT2D eigenvalue weighted by Gasteiger charge is -2.14. The summed E-state index contributed by atoms with van der Waals surface area (Å²) in [6.07, 6.45) is 0.735. The van der Waals surface area contributed by atoms with Crippen molar-refractivity contribution in [2.75, 3.05) is 13.7 Å². The normalized spacial score (nSPS) is 12.0. The van der Waals surface area contributed by atoms with E-state index in [-0.39, 0.29) is 11.9 Å². The molecule has 3 nitrogen and oxygen atoms in total. The zero-order valence-electron chi connectivity index (χ0n) is 12.3. The molecule has 0 aliphatic rings. The van der Waals surface area contributed by atoms with Crippen LogP contribution in [0.5, 0.6) is 11.5 Å². The summed E-state index contributed by atoms with van der Waals surface area (Å²) in [7, 11) is 1.64. The molecule has 112 valence electrons. The highest BCUT2D eigenvalue weighted by Gasteiger charge is 2.09. The molecule has 1 atom stereocenters. The van der Waals surface area contributed by atoms with Crippen LogP contribution in [-0.4, -0.2) is 13.7 Å². The highest BCUT2D eigenvalue weighted by molar-refractivity contribution is 5.36.